The minimum atomic E-state index is -1.02. The van der Waals surface area contributed by atoms with Crippen molar-refractivity contribution in [1.29, 1.82) is 0 Å². The highest BCUT2D eigenvalue weighted by Gasteiger charge is 2.40. The molecule has 3 aliphatic rings. The number of H-pyrrole nitrogens is 1. The van der Waals surface area contributed by atoms with Crippen LogP contribution < -0.4 is 49.7 Å². The van der Waals surface area contributed by atoms with Gasteiger partial charge in [0, 0.05) is 42.2 Å². The van der Waals surface area contributed by atoms with Gasteiger partial charge in [0.25, 0.3) is 0 Å². The third-order valence-electron chi connectivity index (χ3n) is 18.6. The van der Waals surface area contributed by atoms with Crippen LogP contribution >= 0.6 is 0 Å². The van der Waals surface area contributed by atoms with Crippen molar-refractivity contribution in [2.45, 2.75) is 71.1 Å². The predicted molar refractivity (Wildman–Crippen MR) is 401 cm³/mol. The van der Waals surface area contributed by atoms with E-state index in [9.17, 15) is 52.2 Å². The van der Waals surface area contributed by atoms with Crippen molar-refractivity contribution in [2.24, 2.45) is 5.92 Å². The molecular formula is C81H78F3N9O15. The largest absolute Gasteiger partial charge is 0.496 e. The van der Waals surface area contributed by atoms with E-state index in [0.29, 0.717) is 97.3 Å². The number of rotatable bonds is 26. The zero-order chi connectivity index (χ0) is 77.5. The molecule has 0 fully saturated rings. The van der Waals surface area contributed by atoms with Crippen molar-refractivity contribution in [3.8, 4) is 34.5 Å². The van der Waals surface area contributed by atoms with Crippen molar-refractivity contribution in [3.63, 3.8) is 0 Å². The van der Waals surface area contributed by atoms with Gasteiger partial charge in [-0.25, -0.2) is 18.2 Å². The van der Waals surface area contributed by atoms with Crippen molar-refractivity contribution >= 4 is 93.1 Å². The lowest BCUT2D eigenvalue weighted by molar-refractivity contribution is -0.137. The molecule has 6 aromatic carbocycles. The second-order valence-electron chi connectivity index (χ2n) is 25.3. The smallest absolute Gasteiger partial charge is 0.322 e. The van der Waals surface area contributed by atoms with Crippen LogP contribution in [0.4, 0.5) is 36.2 Å². The number of aromatic amines is 1. The molecule has 0 bridgehead atoms. The lowest BCUT2D eigenvalue weighted by atomic mass is 9.83. The summed E-state index contributed by atoms with van der Waals surface area (Å²) in [7, 11) is 8.88. The maximum absolute atomic E-state index is 14.2. The number of carbonyl (C=O) groups excluding carboxylic acids is 3. The molecule has 0 aliphatic heterocycles. The number of aromatic nitrogens is 5. The lowest BCUT2D eigenvalue weighted by Crippen LogP contribution is -2.19. The average molecular weight is 1470 g/mol. The molecule has 3 unspecified atom stereocenters. The monoisotopic (exact) mass is 1470 g/mol. The van der Waals surface area contributed by atoms with Gasteiger partial charge in [-0.15, -0.1) is 0 Å². The number of anilines is 4. The molecule has 8 N–H and O–H groups in total. The number of fused-ring (bicyclic) bond motifs is 3. The Bertz CT molecular complexity index is 4950. The Morgan fingerprint density at radius 1 is 0.509 bits per heavy atom. The molecule has 0 radical (unpaired) electrons. The van der Waals surface area contributed by atoms with Gasteiger partial charge in [0.15, 0.2) is 5.82 Å². The summed E-state index contributed by atoms with van der Waals surface area (Å²) in [6.07, 6.45) is 13.3. The number of aliphatic carboxylic acids is 3. The van der Waals surface area contributed by atoms with Crippen LogP contribution in [0.25, 0.3) is 34.4 Å². The van der Waals surface area contributed by atoms with Gasteiger partial charge in [-0.05, 0) is 219 Å². The quantitative estimate of drug-likeness (QED) is 0.0250. The molecule has 3 atom stereocenters. The van der Waals surface area contributed by atoms with Crippen LogP contribution in [0.1, 0.15) is 113 Å². The number of nitrogens with one attached hydrogen (secondary N) is 5. The molecule has 12 rings (SSSR count). The summed E-state index contributed by atoms with van der Waals surface area (Å²) in [6, 6.07) is 29.5. The minimum Gasteiger partial charge on any atom is -0.496 e. The Labute approximate surface area is 619 Å². The highest BCUT2D eigenvalue weighted by molar-refractivity contribution is 6.11. The Kier molecular flexibility index (Phi) is 25.2. The number of ether oxygens (including phenoxy) is 6. The highest BCUT2D eigenvalue weighted by atomic mass is 19.1. The second kappa shape index (κ2) is 35.1. The number of pyridine rings is 1. The third-order valence-corrected chi connectivity index (χ3v) is 18.6. The fraction of sp³-hybridized carbons (Fsp3) is 0.235. The average Bonchev–Trinajstić information content (AvgIpc) is 1.62. The first-order valence-electron chi connectivity index (χ1n) is 33.8. The molecular weight excluding hydrogens is 1400 g/mol. The van der Waals surface area contributed by atoms with Crippen LogP contribution in [0, 0.1) is 23.4 Å². The van der Waals surface area contributed by atoms with E-state index >= 15 is 0 Å². The summed E-state index contributed by atoms with van der Waals surface area (Å²) >= 11 is 0. The van der Waals surface area contributed by atoms with E-state index in [4.69, 9.17) is 33.5 Å². The first-order valence-corrected chi connectivity index (χ1v) is 33.8. The second-order valence-corrected chi connectivity index (χ2v) is 25.3. The van der Waals surface area contributed by atoms with E-state index in [2.05, 4.69) is 53.3 Å². The maximum Gasteiger partial charge on any atom is 0.322 e. The number of amides is 3. The van der Waals surface area contributed by atoms with E-state index in [1.54, 1.807) is 79.3 Å². The molecule has 0 spiro atoms. The van der Waals surface area contributed by atoms with Crippen LogP contribution in [-0.2, 0) is 48.0 Å². The lowest BCUT2D eigenvalue weighted by Gasteiger charge is -2.22. The number of hydrogen-bond acceptors (Lipinski definition) is 17. The number of halogens is 3. The topological polar surface area (TPSA) is 334 Å². The van der Waals surface area contributed by atoms with Crippen molar-refractivity contribution < 1.29 is 85.7 Å². The van der Waals surface area contributed by atoms with Gasteiger partial charge in [-0.2, -0.15) is 5.10 Å². The van der Waals surface area contributed by atoms with Gasteiger partial charge in [-0.1, -0.05) is 25.1 Å². The molecule has 0 saturated heterocycles. The highest BCUT2D eigenvalue weighted by Crippen LogP contribution is 2.51. The van der Waals surface area contributed by atoms with Gasteiger partial charge < -0.3 is 65.0 Å². The summed E-state index contributed by atoms with van der Waals surface area (Å²) in [5, 5.41) is 45.3. The van der Waals surface area contributed by atoms with Gasteiger partial charge in [0.2, 0.25) is 17.7 Å². The van der Waals surface area contributed by atoms with Gasteiger partial charge in [0.1, 0.15) is 70.0 Å². The van der Waals surface area contributed by atoms with Gasteiger partial charge >= 0.3 is 17.9 Å². The summed E-state index contributed by atoms with van der Waals surface area (Å²) in [5.41, 5.74) is 13.7. The molecule has 3 heterocycles. The molecule has 108 heavy (non-hydrogen) atoms. The standard InChI is InChI=1S/C28H26FN3O5.C27H24FN3O5.C26H28FN3O5/c1-16-21(9-17-10-24(36-2)28(25(11-17)37-3)31-15-27(34)35)20-7-6-18(29)12-23(20)22(16)13-26(33)32-19-5-4-8-30-14-19;1-15-19(8-16-9-23(35-2)22(13-27(33)34)24(10-16)36-3)18-5-4-17(28)11-21(18)20(15)12-26(32)31-25-14-29-6-7-30-25;1-14-18(8-15-9-22(34-2)21(13-26(32)33)23(10-15)35-3)17-5-4-16(27)11-20(17)19(14)12-25(31)29-24-6-7-28-30-24/h4-12,14,31H,13,15H2,1-3H3,(H,32,33)(H,34,35);4-11,14H,12-13H2,1-3H3,(H,33,34)(H,30,31,32);4-7,9-11,14,18-19H,8,12-13H2,1-3H3,(H,32,33)(H2,28,29,30,31)/b21-9-;19-8-;. The SMILES string of the molecule is COc1cc(/C=C2/C(C)=C(CC(=O)Nc3cccnc3)c3cc(F)ccc32)cc(OC)c1NCC(=O)O.COc1cc(/C=C2/C(C)=C(CC(=O)Nc3cnccn3)c3cc(F)ccc32)cc(OC)c1CC(=O)O.COc1cc(CC2c3ccc(F)cc3C(CC(=O)Nc3ccn[nH]3)C2C)cc(OC)c1CC(=O)O. The summed E-state index contributed by atoms with van der Waals surface area (Å²) in [4.78, 5) is 84.0. The normalized spacial score (nSPS) is 15.1. The first kappa shape index (κ1) is 77.5. The van der Waals surface area contributed by atoms with Crippen LogP contribution in [-0.4, -0.2) is 125 Å². The van der Waals surface area contributed by atoms with Crippen LogP contribution in [0.5, 0.6) is 34.5 Å². The number of benzene rings is 6. The van der Waals surface area contributed by atoms with E-state index in [1.165, 1.54) is 97.6 Å². The molecule has 24 nitrogen and oxygen atoms in total. The van der Waals surface area contributed by atoms with Crippen molar-refractivity contribution in [3.05, 3.63) is 236 Å². The Hall–Kier alpha value is -13.1. The van der Waals surface area contributed by atoms with Crippen LogP contribution in [0.2, 0.25) is 0 Å². The summed E-state index contributed by atoms with van der Waals surface area (Å²) < 4.78 is 75.4. The zero-order valence-electron chi connectivity index (χ0n) is 60.4. The Morgan fingerprint density at radius 3 is 1.50 bits per heavy atom. The molecule has 9 aromatic rings. The predicted octanol–water partition coefficient (Wildman–Crippen LogP) is 14.0. The number of carbonyl (C=O) groups is 6. The van der Waals surface area contributed by atoms with E-state index in [-0.39, 0.29) is 79.9 Å². The number of hydrogen-bond donors (Lipinski definition) is 8. The summed E-state index contributed by atoms with van der Waals surface area (Å²) in [5.74, 6) is -1.65. The molecule has 0 saturated carbocycles. The molecule has 3 amide bonds. The van der Waals surface area contributed by atoms with E-state index in [1.807, 2.05) is 38.1 Å². The summed E-state index contributed by atoms with van der Waals surface area (Å²) in [6.45, 7) is 5.54. The van der Waals surface area contributed by atoms with Crippen molar-refractivity contribution in [1.82, 2.24) is 25.1 Å². The zero-order valence-corrected chi connectivity index (χ0v) is 60.4. The Balaban J connectivity index is 0.000000173. The van der Waals surface area contributed by atoms with Gasteiger partial charge in [0.05, 0.1) is 92.6 Å². The number of nitrogens with zero attached hydrogens (tertiary/aromatic N) is 4. The van der Waals surface area contributed by atoms with Crippen LogP contribution in [0.15, 0.2) is 158 Å². The van der Waals surface area contributed by atoms with Gasteiger partial charge in [-0.3, -0.25) is 43.8 Å². The fourth-order valence-electron chi connectivity index (χ4n) is 13.7. The minimum absolute atomic E-state index is 0.0143. The van der Waals surface area contributed by atoms with E-state index < -0.39 is 29.5 Å². The number of methoxy groups -OCH3 is 6. The number of carboxylic acids is 3. The van der Waals surface area contributed by atoms with Crippen LogP contribution in [0.3, 0.4) is 0 Å². The first-order chi connectivity index (χ1) is 51.9. The molecule has 558 valence electrons. The molecule has 3 aliphatic carbocycles. The Morgan fingerprint density at radius 2 is 1.02 bits per heavy atom. The molecule has 27 heteroatoms. The maximum atomic E-state index is 14.2. The molecule has 3 aromatic heterocycles. The fourth-order valence-corrected chi connectivity index (χ4v) is 13.7. The number of carboxylic acid groups (broad SMARTS) is 3. The van der Waals surface area contributed by atoms with Crippen molar-refractivity contribution in [2.75, 3.05) is 70.5 Å². The number of allylic oxidation sites excluding steroid dienone is 4. The third kappa shape index (κ3) is 18.5. The van der Waals surface area contributed by atoms with E-state index in [0.717, 1.165) is 61.2 Å².